The molecule has 1 unspecified atom stereocenters. The molecule has 3 rings (SSSR count). The van der Waals surface area contributed by atoms with Crippen molar-refractivity contribution in [2.45, 2.75) is 43.3 Å². The number of benzene rings is 2. The van der Waals surface area contributed by atoms with Crippen LogP contribution in [0.15, 0.2) is 53.4 Å². The van der Waals surface area contributed by atoms with Gasteiger partial charge in [0.15, 0.2) is 0 Å². The zero-order valence-corrected chi connectivity index (χ0v) is 16.7. The number of hydrogen-bond donors (Lipinski definition) is 2. The van der Waals surface area contributed by atoms with Crippen molar-refractivity contribution in [1.82, 2.24) is 14.9 Å². The van der Waals surface area contributed by atoms with E-state index in [2.05, 4.69) is 10.0 Å². The molecule has 8 heteroatoms. The average molecular weight is 405 g/mol. The molecule has 1 aliphatic rings. The average Bonchev–Trinajstić information content (AvgIpc) is 3.52. The summed E-state index contributed by atoms with van der Waals surface area (Å²) in [4.78, 5) is 14.6. The fourth-order valence-corrected chi connectivity index (χ4v) is 3.77. The molecule has 0 aliphatic heterocycles. The van der Waals surface area contributed by atoms with Crippen molar-refractivity contribution < 1.29 is 17.6 Å². The van der Waals surface area contributed by atoms with Gasteiger partial charge in [0.25, 0.3) is 0 Å². The highest BCUT2D eigenvalue weighted by atomic mass is 32.2. The third-order valence-corrected chi connectivity index (χ3v) is 6.24. The molecule has 28 heavy (non-hydrogen) atoms. The lowest BCUT2D eigenvalue weighted by atomic mass is 10.1. The quantitative estimate of drug-likeness (QED) is 0.743. The summed E-state index contributed by atoms with van der Waals surface area (Å²) in [6.45, 7) is 1.99. The molecule has 0 bridgehead atoms. The van der Waals surface area contributed by atoms with Crippen LogP contribution in [0.5, 0.6) is 0 Å². The maximum Gasteiger partial charge on any atom is 0.318 e. The number of amides is 2. The first-order valence-electron chi connectivity index (χ1n) is 9.16. The van der Waals surface area contributed by atoms with Gasteiger partial charge in [-0.25, -0.2) is 22.3 Å². The summed E-state index contributed by atoms with van der Waals surface area (Å²) >= 11 is 0. The number of nitrogens with one attached hydrogen (secondary N) is 2. The van der Waals surface area contributed by atoms with Crippen molar-refractivity contribution >= 4 is 16.1 Å². The molecule has 1 aliphatic carbocycles. The molecule has 2 N–H and O–H groups in total. The van der Waals surface area contributed by atoms with Crippen molar-refractivity contribution in [3.63, 3.8) is 0 Å². The fourth-order valence-electron chi connectivity index (χ4n) is 2.98. The van der Waals surface area contributed by atoms with Crippen molar-refractivity contribution in [3.05, 3.63) is 65.5 Å². The van der Waals surface area contributed by atoms with Crippen LogP contribution in [-0.2, 0) is 16.6 Å². The number of carbonyl (C=O) groups excluding carboxylic acids is 1. The summed E-state index contributed by atoms with van der Waals surface area (Å²) in [6.07, 6.45) is 1.79. The van der Waals surface area contributed by atoms with Gasteiger partial charge in [-0.1, -0.05) is 30.3 Å². The second kappa shape index (κ2) is 8.28. The molecule has 0 spiro atoms. The van der Waals surface area contributed by atoms with E-state index in [9.17, 15) is 17.6 Å². The minimum Gasteiger partial charge on any atom is -0.331 e. The Bertz CT molecular complexity index is 961. The summed E-state index contributed by atoms with van der Waals surface area (Å²) in [5.41, 5.74) is 1.14. The fraction of sp³-hybridized carbons (Fsp3) is 0.350. The van der Waals surface area contributed by atoms with Gasteiger partial charge in [0.05, 0.1) is 17.5 Å². The molecule has 150 valence electrons. The maximum absolute atomic E-state index is 14.0. The zero-order chi connectivity index (χ0) is 20.3. The first-order chi connectivity index (χ1) is 13.3. The summed E-state index contributed by atoms with van der Waals surface area (Å²) in [7, 11) is -2.21. The summed E-state index contributed by atoms with van der Waals surface area (Å²) < 4.78 is 40.3. The van der Waals surface area contributed by atoms with Gasteiger partial charge in [-0.3, -0.25) is 0 Å². The maximum atomic E-state index is 14.0. The van der Waals surface area contributed by atoms with E-state index >= 15 is 0 Å². The molecule has 1 fully saturated rings. The van der Waals surface area contributed by atoms with E-state index in [1.165, 1.54) is 25.2 Å². The van der Waals surface area contributed by atoms with Crippen LogP contribution in [0.3, 0.4) is 0 Å². The molecule has 6 nitrogen and oxygen atoms in total. The van der Waals surface area contributed by atoms with E-state index in [1.54, 1.807) is 42.2 Å². The highest BCUT2D eigenvalue weighted by Gasteiger charge is 2.33. The Morgan fingerprint density at radius 1 is 1.21 bits per heavy atom. The number of rotatable bonds is 7. The zero-order valence-electron chi connectivity index (χ0n) is 15.9. The SMILES string of the molecule is CNS(=O)(=O)c1cccc(C(C)NC(=O)N(Cc2ccccc2F)C2CC2)c1. The van der Waals surface area contributed by atoms with E-state index in [4.69, 9.17) is 0 Å². The largest absolute Gasteiger partial charge is 0.331 e. The van der Waals surface area contributed by atoms with Crippen LogP contribution in [0, 0.1) is 5.82 Å². The topological polar surface area (TPSA) is 78.5 Å². The van der Waals surface area contributed by atoms with E-state index in [0.29, 0.717) is 11.1 Å². The van der Waals surface area contributed by atoms with Gasteiger partial charge in [0.2, 0.25) is 10.0 Å². The van der Waals surface area contributed by atoms with Crippen molar-refractivity contribution in [2.24, 2.45) is 0 Å². The van der Waals surface area contributed by atoms with Crippen LogP contribution in [0.2, 0.25) is 0 Å². The molecule has 1 saturated carbocycles. The lowest BCUT2D eigenvalue weighted by Crippen LogP contribution is -2.42. The van der Waals surface area contributed by atoms with Crippen LogP contribution < -0.4 is 10.0 Å². The lowest BCUT2D eigenvalue weighted by molar-refractivity contribution is 0.188. The lowest BCUT2D eigenvalue weighted by Gasteiger charge is -2.26. The Hall–Kier alpha value is -2.45. The van der Waals surface area contributed by atoms with Crippen molar-refractivity contribution in [2.75, 3.05) is 7.05 Å². The van der Waals surface area contributed by atoms with Gasteiger partial charge < -0.3 is 10.2 Å². The monoisotopic (exact) mass is 405 g/mol. The number of carbonyl (C=O) groups is 1. The molecular weight excluding hydrogens is 381 g/mol. The van der Waals surface area contributed by atoms with Crippen molar-refractivity contribution in [3.8, 4) is 0 Å². The Morgan fingerprint density at radius 3 is 2.57 bits per heavy atom. The van der Waals surface area contributed by atoms with Gasteiger partial charge in [-0.15, -0.1) is 0 Å². The van der Waals surface area contributed by atoms with Gasteiger partial charge in [-0.05, 0) is 50.6 Å². The van der Waals surface area contributed by atoms with E-state index in [1.807, 2.05) is 0 Å². The van der Waals surface area contributed by atoms with Crippen LogP contribution >= 0.6 is 0 Å². The first-order valence-corrected chi connectivity index (χ1v) is 10.6. The molecular formula is C20H24FN3O3S. The molecule has 2 amide bonds. The highest BCUT2D eigenvalue weighted by Crippen LogP contribution is 2.29. The Balaban J connectivity index is 1.74. The molecule has 2 aromatic carbocycles. The van der Waals surface area contributed by atoms with Crippen LogP contribution in [0.25, 0.3) is 0 Å². The van der Waals surface area contributed by atoms with Gasteiger partial charge in [0.1, 0.15) is 5.82 Å². The normalized spacial score (nSPS) is 15.1. The van der Waals surface area contributed by atoms with Gasteiger partial charge in [0, 0.05) is 11.6 Å². The Kier molecular flexibility index (Phi) is 6.00. The number of sulfonamides is 1. The molecule has 2 aromatic rings. The van der Waals surface area contributed by atoms with Gasteiger partial charge >= 0.3 is 6.03 Å². The van der Waals surface area contributed by atoms with E-state index in [0.717, 1.165) is 12.8 Å². The van der Waals surface area contributed by atoms with Crippen LogP contribution in [0.1, 0.15) is 36.9 Å². The number of nitrogens with zero attached hydrogens (tertiary/aromatic N) is 1. The predicted octanol–water partition coefficient (Wildman–Crippen LogP) is 3.17. The molecule has 0 saturated heterocycles. The van der Waals surface area contributed by atoms with Crippen LogP contribution in [0.4, 0.5) is 9.18 Å². The minimum absolute atomic E-state index is 0.0998. The Morgan fingerprint density at radius 2 is 1.93 bits per heavy atom. The van der Waals surface area contributed by atoms with E-state index < -0.39 is 16.1 Å². The third-order valence-electron chi connectivity index (χ3n) is 4.82. The smallest absolute Gasteiger partial charge is 0.318 e. The van der Waals surface area contributed by atoms with Crippen molar-refractivity contribution in [1.29, 1.82) is 0 Å². The van der Waals surface area contributed by atoms with Crippen LogP contribution in [-0.4, -0.2) is 32.4 Å². The third kappa shape index (κ3) is 4.69. The Labute approximate surface area is 164 Å². The van der Waals surface area contributed by atoms with E-state index in [-0.39, 0.29) is 29.3 Å². The second-order valence-corrected chi connectivity index (χ2v) is 8.79. The highest BCUT2D eigenvalue weighted by molar-refractivity contribution is 7.89. The second-order valence-electron chi connectivity index (χ2n) is 6.90. The predicted molar refractivity (Wildman–Crippen MR) is 105 cm³/mol. The summed E-state index contributed by atoms with van der Waals surface area (Å²) in [6, 6.07) is 12.3. The standard InChI is InChI=1S/C20H24FN3O3S/c1-14(15-7-5-8-18(12-15)28(26,27)22-2)23-20(25)24(17-10-11-17)13-16-6-3-4-9-19(16)21/h3-9,12,14,17,22H,10-11,13H2,1-2H3,(H,23,25). The number of hydrogen-bond acceptors (Lipinski definition) is 3. The molecule has 0 heterocycles. The van der Waals surface area contributed by atoms with Gasteiger partial charge in [-0.2, -0.15) is 0 Å². The number of urea groups is 1. The first kappa shape index (κ1) is 20.3. The molecule has 1 atom stereocenters. The summed E-state index contributed by atoms with van der Waals surface area (Å²) in [5, 5.41) is 2.90. The summed E-state index contributed by atoms with van der Waals surface area (Å²) in [5.74, 6) is -0.334. The minimum atomic E-state index is -3.56. The molecule has 0 radical (unpaired) electrons. The molecule has 0 aromatic heterocycles. The number of halogens is 1.